The lowest BCUT2D eigenvalue weighted by molar-refractivity contribution is -0.121. The number of thioether (sulfide) groups is 1. The van der Waals surface area contributed by atoms with E-state index in [0.29, 0.717) is 16.7 Å². The molecule has 0 radical (unpaired) electrons. The Hall–Kier alpha value is -2.26. The molecule has 0 aliphatic carbocycles. The number of hydrogen-bond donors (Lipinski definition) is 5. The molecule has 9 heteroatoms. The maximum atomic E-state index is 12.7. The molecule has 2 aromatic carbocycles. The van der Waals surface area contributed by atoms with Crippen molar-refractivity contribution in [2.24, 2.45) is 4.99 Å². The van der Waals surface area contributed by atoms with Gasteiger partial charge < -0.3 is 10.7 Å². The van der Waals surface area contributed by atoms with Crippen LogP contribution in [0.25, 0.3) is 0 Å². The van der Waals surface area contributed by atoms with Gasteiger partial charge in [-0.15, -0.1) is 11.8 Å². The van der Waals surface area contributed by atoms with Crippen LogP contribution in [0.4, 0.5) is 17.1 Å². The smallest absolute Gasteiger partial charge is 0.244 e. The second-order valence-corrected chi connectivity index (χ2v) is 8.41. The van der Waals surface area contributed by atoms with Gasteiger partial charge in [-0.2, -0.15) is 0 Å². The highest BCUT2D eigenvalue weighted by molar-refractivity contribution is 8.00. The fraction of sp³-hybridized carbons (Fsp3) is 0.263. The summed E-state index contributed by atoms with van der Waals surface area (Å²) in [6, 6.07) is 12.8. The molecule has 4 rings (SSSR count). The topological polar surface area (TPSA) is 89.6 Å². The predicted molar refractivity (Wildman–Crippen MR) is 116 cm³/mol. The second-order valence-electron chi connectivity index (χ2n) is 6.60. The quantitative estimate of drug-likeness (QED) is 0.390. The SMILES string of the molecule is CC1NC(C(=O)NC(=Nc2ccc(Cl)cc2)Nc2ccc3c(c2)CNN3)CS1. The standard InChI is InChI=1S/C19H21ClN6OS/c1-11-22-17(10-28-11)18(27)25-19(23-14-4-2-13(20)3-5-14)24-15-6-7-16-12(8-15)9-21-26-16/h2-8,11,17,21-22,26H,9-10H2,1H3,(H2,23,24,25,27). The summed E-state index contributed by atoms with van der Waals surface area (Å²) in [5.41, 5.74) is 9.92. The summed E-state index contributed by atoms with van der Waals surface area (Å²) < 4.78 is 0. The lowest BCUT2D eigenvalue weighted by atomic mass is 10.2. The average molecular weight is 417 g/mol. The minimum Gasteiger partial charge on any atom is -0.326 e. The molecule has 2 aliphatic rings. The first-order valence-electron chi connectivity index (χ1n) is 8.98. The van der Waals surface area contributed by atoms with E-state index in [0.717, 1.165) is 29.2 Å². The van der Waals surface area contributed by atoms with E-state index in [4.69, 9.17) is 11.6 Å². The van der Waals surface area contributed by atoms with Gasteiger partial charge in [0.2, 0.25) is 11.9 Å². The fourth-order valence-electron chi connectivity index (χ4n) is 3.02. The molecule has 2 aromatic rings. The van der Waals surface area contributed by atoms with Crippen molar-refractivity contribution in [2.75, 3.05) is 16.5 Å². The van der Waals surface area contributed by atoms with E-state index in [1.165, 1.54) is 0 Å². The Morgan fingerprint density at radius 1 is 1.25 bits per heavy atom. The molecule has 7 nitrogen and oxygen atoms in total. The van der Waals surface area contributed by atoms with Crippen molar-refractivity contribution in [2.45, 2.75) is 24.9 Å². The Balaban J connectivity index is 1.55. The molecule has 28 heavy (non-hydrogen) atoms. The lowest BCUT2D eigenvalue weighted by Gasteiger charge is -2.15. The van der Waals surface area contributed by atoms with Crippen molar-refractivity contribution in [3.63, 3.8) is 0 Å². The van der Waals surface area contributed by atoms with Crippen LogP contribution >= 0.6 is 23.4 Å². The Labute approximate surface area is 172 Å². The zero-order valence-corrected chi connectivity index (χ0v) is 16.8. The normalized spacial score (nSPS) is 21.1. The highest BCUT2D eigenvalue weighted by Gasteiger charge is 2.27. The number of anilines is 2. The molecule has 1 amide bonds. The Morgan fingerprint density at radius 2 is 2.07 bits per heavy atom. The Morgan fingerprint density at radius 3 is 2.82 bits per heavy atom. The third-order valence-corrected chi connectivity index (χ3v) is 5.86. The summed E-state index contributed by atoms with van der Waals surface area (Å²) in [6.45, 7) is 2.79. The third kappa shape index (κ3) is 4.59. The van der Waals surface area contributed by atoms with Crippen LogP contribution in [0, 0.1) is 0 Å². The molecule has 146 valence electrons. The van der Waals surface area contributed by atoms with Gasteiger partial charge in [0.15, 0.2) is 0 Å². The molecule has 0 aromatic heterocycles. The van der Waals surface area contributed by atoms with Crippen molar-refractivity contribution in [3.8, 4) is 0 Å². The van der Waals surface area contributed by atoms with Gasteiger partial charge >= 0.3 is 0 Å². The number of nitrogens with zero attached hydrogens (tertiary/aromatic N) is 1. The zero-order chi connectivity index (χ0) is 19.5. The van der Waals surface area contributed by atoms with E-state index in [9.17, 15) is 4.79 Å². The average Bonchev–Trinajstić information content (AvgIpc) is 3.32. The van der Waals surface area contributed by atoms with E-state index >= 15 is 0 Å². The number of fused-ring (bicyclic) bond motifs is 1. The van der Waals surface area contributed by atoms with Crippen molar-refractivity contribution in [3.05, 3.63) is 53.1 Å². The highest BCUT2D eigenvalue weighted by atomic mass is 35.5. The molecule has 2 atom stereocenters. The maximum Gasteiger partial charge on any atom is 0.244 e. The monoisotopic (exact) mass is 416 g/mol. The van der Waals surface area contributed by atoms with Gasteiger partial charge in [0.25, 0.3) is 0 Å². The summed E-state index contributed by atoms with van der Waals surface area (Å²) >= 11 is 7.68. The predicted octanol–water partition coefficient (Wildman–Crippen LogP) is 3.04. The van der Waals surface area contributed by atoms with E-state index in [2.05, 4.69) is 31.8 Å². The minimum atomic E-state index is -0.245. The van der Waals surface area contributed by atoms with Crippen LogP contribution in [0.2, 0.25) is 5.02 Å². The van der Waals surface area contributed by atoms with Crippen LogP contribution in [0.1, 0.15) is 12.5 Å². The number of aliphatic imine (C=N–C) groups is 1. The molecule has 1 fully saturated rings. The van der Waals surface area contributed by atoms with Crippen LogP contribution < -0.4 is 26.8 Å². The number of hydrogen-bond acceptors (Lipinski definition) is 6. The van der Waals surface area contributed by atoms with Gasteiger partial charge in [-0.05, 0) is 55.0 Å². The molecule has 5 N–H and O–H groups in total. The summed E-state index contributed by atoms with van der Waals surface area (Å²) in [6.07, 6.45) is 0. The van der Waals surface area contributed by atoms with Gasteiger partial charge in [0.1, 0.15) is 0 Å². The van der Waals surface area contributed by atoms with Crippen LogP contribution in [0.5, 0.6) is 0 Å². The molecule has 2 unspecified atom stereocenters. The van der Waals surface area contributed by atoms with E-state index in [-0.39, 0.29) is 17.3 Å². The number of carbonyl (C=O) groups is 1. The molecule has 0 spiro atoms. The number of benzene rings is 2. The highest BCUT2D eigenvalue weighted by Crippen LogP contribution is 2.24. The van der Waals surface area contributed by atoms with Gasteiger partial charge in [-0.3, -0.25) is 15.4 Å². The van der Waals surface area contributed by atoms with Crippen LogP contribution in [-0.2, 0) is 11.3 Å². The van der Waals surface area contributed by atoms with Crippen LogP contribution in [0.3, 0.4) is 0 Å². The minimum absolute atomic E-state index is 0.110. The fourth-order valence-corrected chi connectivity index (χ4v) is 4.13. The number of guanidine groups is 1. The molecular weight excluding hydrogens is 396 g/mol. The van der Waals surface area contributed by atoms with Crippen molar-refractivity contribution in [1.29, 1.82) is 0 Å². The Bertz CT molecular complexity index is 904. The number of amides is 1. The summed E-state index contributed by atoms with van der Waals surface area (Å²) in [7, 11) is 0. The molecule has 1 saturated heterocycles. The molecule has 2 aliphatic heterocycles. The number of carbonyl (C=O) groups excluding carboxylic acids is 1. The Kier molecular flexibility index (Phi) is 5.72. The van der Waals surface area contributed by atoms with E-state index in [1.807, 2.05) is 25.1 Å². The van der Waals surface area contributed by atoms with E-state index < -0.39 is 0 Å². The number of rotatable bonds is 3. The van der Waals surface area contributed by atoms with Gasteiger partial charge in [-0.1, -0.05) is 11.6 Å². The molecular formula is C19H21ClN6OS. The van der Waals surface area contributed by atoms with Gasteiger partial charge in [0, 0.05) is 23.0 Å². The summed E-state index contributed by atoms with van der Waals surface area (Å²) in [4.78, 5) is 17.2. The molecule has 2 heterocycles. The van der Waals surface area contributed by atoms with Gasteiger partial charge in [0.05, 0.1) is 22.8 Å². The van der Waals surface area contributed by atoms with Crippen molar-refractivity contribution < 1.29 is 4.79 Å². The number of hydrazine groups is 1. The zero-order valence-electron chi connectivity index (χ0n) is 15.3. The number of halogens is 1. The van der Waals surface area contributed by atoms with Crippen molar-refractivity contribution >= 4 is 52.3 Å². The first-order valence-corrected chi connectivity index (χ1v) is 10.4. The summed E-state index contributed by atoms with van der Waals surface area (Å²) in [5, 5.41) is 10.3. The number of nitrogens with one attached hydrogen (secondary N) is 5. The molecule has 0 bridgehead atoms. The van der Waals surface area contributed by atoms with Crippen LogP contribution in [-0.4, -0.2) is 29.0 Å². The largest absolute Gasteiger partial charge is 0.326 e. The first kappa shape index (κ1) is 19.1. The molecule has 0 saturated carbocycles. The first-order chi connectivity index (χ1) is 13.6. The van der Waals surface area contributed by atoms with Crippen molar-refractivity contribution in [1.82, 2.24) is 16.1 Å². The van der Waals surface area contributed by atoms with Gasteiger partial charge in [-0.25, -0.2) is 10.4 Å². The third-order valence-electron chi connectivity index (χ3n) is 4.44. The maximum absolute atomic E-state index is 12.7. The second kappa shape index (κ2) is 8.40. The van der Waals surface area contributed by atoms with E-state index in [1.54, 1.807) is 36.0 Å². The summed E-state index contributed by atoms with van der Waals surface area (Å²) in [5.74, 6) is 0.997. The lowest BCUT2D eigenvalue weighted by Crippen LogP contribution is -2.47. The van der Waals surface area contributed by atoms with Crippen LogP contribution in [0.15, 0.2) is 47.5 Å².